The fourth-order valence-electron chi connectivity index (χ4n) is 1.48. The van der Waals surface area contributed by atoms with E-state index in [-0.39, 0.29) is 6.61 Å². The highest BCUT2D eigenvalue weighted by Crippen LogP contribution is 2.07. The van der Waals surface area contributed by atoms with Crippen LogP contribution in [0.5, 0.6) is 0 Å². The van der Waals surface area contributed by atoms with Crippen LogP contribution in [-0.4, -0.2) is 23.5 Å². The number of amides is 2. The zero-order valence-electron chi connectivity index (χ0n) is 10.00. The molecule has 1 aromatic rings. The second-order valence-corrected chi connectivity index (χ2v) is 3.91. The second-order valence-electron chi connectivity index (χ2n) is 3.91. The predicted molar refractivity (Wildman–Crippen MR) is 67.2 cm³/mol. The van der Waals surface area contributed by atoms with Gasteiger partial charge in [-0.25, -0.2) is 0 Å². The molecule has 0 aromatic heterocycles. The van der Waals surface area contributed by atoms with E-state index in [1.807, 2.05) is 31.2 Å². The predicted octanol–water partition coefficient (Wildman–Crippen LogP) is 1.86. The molecule has 0 aliphatic carbocycles. The highest BCUT2D eigenvalue weighted by Gasteiger charge is 2.20. The van der Waals surface area contributed by atoms with Crippen LogP contribution in [0.3, 0.4) is 0 Å². The fourth-order valence-corrected chi connectivity index (χ4v) is 1.48. The van der Waals surface area contributed by atoms with Crippen molar-refractivity contribution in [3.8, 4) is 0 Å². The van der Waals surface area contributed by atoms with Crippen molar-refractivity contribution in [1.82, 2.24) is 5.06 Å². The zero-order valence-corrected chi connectivity index (χ0v) is 10.00. The molecule has 18 heavy (non-hydrogen) atoms. The normalized spacial score (nSPS) is 15.4. The zero-order chi connectivity index (χ0) is 13.0. The number of carbonyl (C=O) groups excluding carboxylic acids is 2. The highest BCUT2D eigenvalue weighted by molar-refractivity contribution is 6.05. The molecule has 2 amide bonds. The van der Waals surface area contributed by atoms with Crippen LogP contribution in [0.2, 0.25) is 0 Å². The summed E-state index contributed by atoms with van der Waals surface area (Å²) in [6.07, 6.45) is 5.86. The van der Waals surface area contributed by atoms with E-state index in [0.717, 1.165) is 16.2 Å². The molecule has 4 nitrogen and oxygen atoms in total. The number of hydroxylamine groups is 2. The van der Waals surface area contributed by atoms with Crippen LogP contribution in [0.4, 0.5) is 0 Å². The molecule has 0 saturated carbocycles. The topological polar surface area (TPSA) is 46.6 Å². The van der Waals surface area contributed by atoms with E-state index in [0.29, 0.717) is 0 Å². The maximum Gasteiger partial charge on any atom is 0.277 e. The molecule has 0 radical (unpaired) electrons. The number of hydrogen-bond donors (Lipinski definition) is 0. The minimum Gasteiger partial charge on any atom is -0.267 e. The van der Waals surface area contributed by atoms with E-state index in [1.54, 1.807) is 12.2 Å². The summed E-state index contributed by atoms with van der Waals surface area (Å²) in [6, 6.07) is 7.71. The molecule has 0 atom stereocenters. The third kappa shape index (κ3) is 2.93. The summed E-state index contributed by atoms with van der Waals surface area (Å²) in [5, 5.41) is 0.755. The van der Waals surface area contributed by atoms with Gasteiger partial charge in [0.1, 0.15) is 0 Å². The Balaban J connectivity index is 2.05. The van der Waals surface area contributed by atoms with Gasteiger partial charge in [0.15, 0.2) is 0 Å². The van der Waals surface area contributed by atoms with E-state index in [9.17, 15) is 9.59 Å². The number of hydrogen-bond acceptors (Lipinski definition) is 3. The van der Waals surface area contributed by atoms with Gasteiger partial charge in [0, 0.05) is 12.2 Å². The number of carbonyl (C=O) groups is 2. The highest BCUT2D eigenvalue weighted by atomic mass is 16.7. The van der Waals surface area contributed by atoms with Crippen molar-refractivity contribution in [2.75, 3.05) is 6.61 Å². The lowest BCUT2D eigenvalue weighted by molar-refractivity contribution is -0.186. The lowest BCUT2D eigenvalue weighted by Crippen LogP contribution is -2.36. The monoisotopic (exact) mass is 243 g/mol. The van der Waals surface area contributed by atoms with Crippen LogP contribution >= 0.6 is 0 Å². The molecule has 0 N–H and O–H groups in total. The SMILES string of the molecule is Cc1ccc(/C=C/C(=O)N2OCC=CC2=O)cc1. The summed E-state index contributed by atoms with van der Waals surface area (Å²) in [7, 11) is 0. The fraction of sp³-hybridized carbons (Fsp3) is 0.143. The van der Waals surface area contributed by atoms with Crippen molar-refractivity contribution in [3.63, 3.8) is 0 Å². The number of benzene rings is 1. The third-order valence-electron chi connectivity index (χ3n) is 2.46. The molecule has 0 saturated heterocycles. The van der Waals surface area contributed by atoms with Crippen LogP contribution < -0.4 is 0 Å². The Kier molecular flexibility index (Phi) is 3.69. The molecule has 92 valence electrons. The van der Waals surface area contributed by atoms with Crippen molar-refractivity contribution in [3.05, 3.63) is 53.6 Å². The first-order valence-corrected chi connectivity index (χ1v) is 5.59. The van der Waals surface area contributed by atoms with Gasteiger partial charge in [-0.15, -0.1) is 5.06 Å². The van der Waals surface area contributed by atoms with Gasteiger partial charge in [-0.1, -0.05) is 35.9 Å². The minimum absolute atomic E-state index is 0.232. The molecule has 1 aromatic carbocycles. The first-order chi connectivity index (χ1) is 8.66. The van der Waals surface area contributed by atoms with E-state index >= 15 is 0 Å². The smallest absolute Gasteiger partial charge is 0.267 e. The van der Waals surface area contributed by atoms with Crippen LogP contribution in [-0.2, 0) is 14.4 Å². The summed E-state index contributed by atoms with van der Waals surface area (Å²) in [4.78, 5) is 28.0. The molecule has 4 heteroatoms. The van der Waals surface area contributed by atoms with E-state index < -0.39 is 11.8 Å². The van der Waals surface area contributed by atoms with E-state index in [1.165, 1.54) is 12.2 Å². The van der Waals surface area contributed by atoms with Crippen molar-refractivity contribution >= 4 is 17.9 Å². The number of imide groups is 1. The average Bonchev–Trinajstić information content (AvgIpc) is 2.38. The summed E-state index contributed by atoms with van der Waals surface area (Å²) >= 11 is 0. The summed E-state index contributed by atoms with van der Waals surface area (Å²) in [5.41, 5.74) is 2.05. The van der Waals surface area contributed by atoms with Gasteiger partial charge >= 0.3 is 0 Å². The van der Waals surface area contributed by atoms with Gasteiger partial charge in [0.2, 0.25) is 0 Å². The number of aryl methyl sites for hydroxylation is 1. The second kappa shape index (κ2) is 5.42. The molecular formula is C14H13NO3. The van der Waals surface area contributed by atoms with E-state index in [2.05, 4.69) is 0 Å². The first kappa shape index (κ1) is 12.3. The summed E-state index contributed by atoms with van der Waals surface area (Å²) in [5.74, 6) is -0.940. The van der Waals surface area contributed by atoms with Gasteiger partial charge in [-0.3, -0.25) is 14.4 Å². The number of nitrogens with zero attached hydrogens (tertiary/aromatic N) is 1. The van der Waals surface area contributed by atoms with E-state index in [4.69, 9.17) is 4.84 Å². The molecular weight excluding hydrogens is 230 g/mol. The Morgan fingerprint density at radius 1 is 1.33 bits per heavy atom. The minimum atomic E-state index is -0.482. The van der Waals surface area contributed by atoms with Crippen LogP contribution in [0.25, 0.3) is 6.08 Å². The largest absolute Gasteiger partial charge is 0.277 e. The van der Waals surface area contributed by atoms with Gasteiger partial charge in [-0.2, -0.15) is 0 Å². The molecule has 0 bridgehead atoms. The van der Waals surface area contributed by atoms with Gasteiger partial charge in [0.05, 0.1) is 6.61 Å². The lowest BCUT2D eigenvalue weighted by atomic mass is 10.1. The molecule has 1 aliphatic heterocycles. The molecule has 0 unspecified atom stereocenters. The van der Waals surface area contributed by atoms with Crippen molar-refractivity contribution < 1.29 is 14.4 Å². The Hall–Kier alpha value is -2.20. The Labute approximate surface area is 105 Å². The Morgan fingerprint density at radius 3 is 2.72 bits per heavy atom. The Morgan fingerprint density at radius 2 is 2.06 bits per heavy atom. The van der Waals surface area contributed by atoms with Crippen LogP contribution in [0.1, 0.15) is 11.1 Å². The molecule has 2 rings (SSSR count). The maximum atomic E-state index is 11.7. The maximum absolute atomic E-state index is 11.7. The van der Waals surface area contributed by atoms with Crippen molar-refractivity contribution in [2.24, 2.45) is 0 Å². The molecule has 1 heterocycles. The van der Waals surface area contributed by atoms with Crippen LogP contribution in [0, 0.1) is 6.92 Å². The quantitative estimate of drug-likeness (QED) is 0.745. The average molecular weight is 243 g/mol. The Bertz CT molecular complexity index is 514. The lowest BCUT2D eigenvalue weighted by Gasteiger charge is -2.18. The first-order valence-electron chi connectivity index (χ1n) is 5.59. The van der Waals surface area contributed by atoms with Crippen molar-refractivity contribution in [2.45, 2.75) is 6.92 Å². The molecule has 0 fully saturated rings. The standard InChI is InChI=1S/C14H13NO3/c1-11-4-6-12(7-5-11)8-9-14(17)15-13(16)3-2-10-18-15/h2-9H,10H2,1H3/b9-8+. The summed E-state index contributed by atoms with van der Waals surface area (Å²) < 4.78 is 0. The van der Waals surface area contributed by atoms with Crippen LogP contribution in [0.15, 0.2) is 42.5 Å². The summed E-state index contributed by atoms with van der Waals surface area (Å²) in [6.45, 7) is 2.22. The molecule has 0 spiro atoms. The van der Waals surface area contributed by atoms with Gasteiger partial charge in [0.25, 0.3) is 11.8 Å². The van der Waals surface area contributed by atoms with Crippen molar-refractivity contribution in [1.29, 1.82) is 0 Å². The van der Waals surface area contributed by atoms with Gasteiger partial charge in [-0.05, 0) is 18.6 Å². The number of rotatable bonds is 2. The third-order valence-corrected chi connectivity index (χ3v) is 2.46. The van der Waals surface area contributed by atoms with Gasteiger partial charge < -0.3 is 0 Å². The molecule has 1 aliphatic rings.